The van der Waals surface area contributed by atoms with Crippen LogP contribution in [0.15, 0.2) is 53.1 Å². The summed E-state index contributed by atoms with van der Waals surface area (Å²) in [7, 11) is 1.71. The van der Waals surface area contributed by atoms with Gasteiger partial charge in [-0.3, -0.25) is 4.79 Å². The summed E-state index contributed by atoms with van der Waals surface area (Å²) in [6, 6.07) is 12.1. The second kappa shape index (κ2) is 12.4. The highest BCUT2D eigenvalue weighted by Gasteiger charge is 2.09. The van der Waals surface area contributed by atoms with Crippen molar-refractivity contribution in [1.29, 1.82) is 0 Å². The quantitative estimate of drug-likeness (QED) is 0.432. The van der Waals surface area contributed by atoms with Crippen molar-refractivity contribution in [2.75, 3.05) is 18.9 Å². The summed E-state index contributed by atoms with van der Waals surface area (Å²) < 4.78 is 14.1. The predicted molar refractivity (Wildman–Crippen MR) is 130 cm³/mol. The Morgan fingerprint density at radius 1 is 1.19 bits per heavy atom. The van der Waals surface area contributed by atoms with Gasteiger partial charge in [0.25, 0.3) is 0 Å². The van der Waals surface area contributed by atoms with Crippen molar-refractivity contribution in [3.05, 3.63) is 69.5 Å². The average molecular weight is 524 g/mol. The maximum atomic E-state index is 13.1. The van der Waals surface area contributed by atoms with E-state index in [4.69, 9.17) is 11.6 Å². The van der Waals surface area contributed by atoms with Crippen LogP contribution in [0.4, 0.5) is 15.0 Å². The Morgan fingerprint density at radius 2 is 1.94 bits per heavy atom. The molecule has 6 nitrogen and oxygen atoms in total. The molecule has 9 heteroatoms. The molecule has 0 aliphatic rings. The van der Waals surface area contributed by atoms with Crippen molar-refractivity contribution in [2.45, 2.75) is 26.8 Å². The molecule has 0 atom stereocenters. The van der Waals surface area contributed by atoms with Crippen molar-refractivity contribution in [1.82, 2.24) is 15.2 Å². The van der Waals surface area contributed by atoms with Crippen molar-refractivity contribution in [3.63, 3.8) is 0 Å². The Labute approximate surface area is 200 Å². The van der Waals surface area contributed by atoms with Crippen LogP contribution in [0.1, 0.15) is 25.8 Å². The third-order valence-electron chi connectivity index (χ3n) is 4.36. The number of amides is 3. The van der Waals surface area contributed by atoms with Gasteiger partial charge in [-0.1, -0.05) is 52.7 Å². The zero-order valence-electron chi connectivity index (χ0n) is 18.1. The molecule has 0 saturated carbocycles. The molecule has 2 aromatic carbocycles. The van der Waals surface area contributed by atoms with E-state index in [1.54, 1.807) is 30.3 Å². The van der Waals surface area contributed by atoms with Crippen molar-refractivity contribution >= 4 is 56.1 Å². The second-order valence-corrected chi connectivity index (χ2v) is 8.33. The van der Waals surface area contributed by atoms with E-state index >= 15 is 0 Å². The molecule has 32 heavy (non-hydrogen) atoms. The zero-order valence-corrected chi connectivity index (χ0v) is 20.4. The molecular formula is C23H25BrClFN4O2. The standard InChI is InChI=1S/C12H16ClFN2O.C11H9BrN2O/c1-3-7-16(2)12(17)15-8-9-5-4-6-10(14)11(9)13;1-7(15)14-11-5-8-2-3-10(12)4-9(8)6-13-11/h4-6H,3,7-8H2,1-2H3,(H,15,17);2-6H,1H3,(H,13,14,15). The number of anilines is 1. The SMILES string of the molecule is CC(=O)Nc1cc2ccc(Br)cc2cn1.CCCN(C)C(=O)NCc1cccc(F)c1Cl. The number of urea groups is 1. The molecule has 0 radical (unpaired) electrons. The molecule has 3 rings (SSSR count). The van der Waals surface area contributed by atoms with Gasteiger partial charge in [-0.25, -0.2) is 14.2 Å². The number of rotatable bonds is 5. The van der Waals surface area contributed by atoms with E-state index in [2.05, 4.69) is 31.5 Å². The number of pyridine rings is 1. The first kappa shape index (κ1) is 25.5. The van der Waals surface area contributed by atoms with Crippen LogP contribution in [0.2, 0.25) is 5.02 Å². The first-order chi connectivity index (χ1) is 15.2. The van der Waals surface area contributed by atoms with Crippen LogP contribution in [0.5, 0.6) is 0 Å². The molecule has 0 unspecified atom stereocenters. The number of halogens is 3. The van der Waals surface area contributed by atoms with Crippen molar-refractivity contribution in [2.24, 2.45) is 0 Å². The molecule has 3 amide bonds. The monoisotopic (exact) mass is 522 g/mol. The van der Waals surface area contributed by atoms with Crippen LogP contribution in [-0.4, -0.2) is 35.4 Å². The van der Waals surface area contributed by atoms with Gasteiger partial charge in [0.15, 0.2) is 0 Å². The molecule has 1 aromatic heterocycles. The van der Waals surface area contributed by atoms with Gasteiger partial charge >= 0.3 is 6.03 Å². The molecule has 0 bridgehead atoms. The molecule has 0 saturated heterocycles. The van der Waals surface area contributed by atoms with E-state index in [-0.39, 0.29) is 23.5 Å². The fourth-order valence-electron chi connectivity index (χ4n) is 2.79. The first-order valence-electron chi connectivity index (χ1n) is 9.96. The highest BCUT2D eigenvalue weighted by molar-refractivity contribution is 9.10. The van der Waals surface area contributed by atoms with Crippen LogP contribution in [0.3, 0.4) is 0 Å². The van der Waals surface area contributed by atoms with Gasteiger partial charge in [-0.05, 0) is 41.6 Å². The molecular weight excluding hydrogens is 499 g/mol. The fourth-order valence-corrected chi connectivity index (χ4v) is 3.36. The normalized spacial score (nSPS) is 10.2. The average Bonchev–Trinajstić information content (AvgIpc) is 2.75. The molecule has 2 N–H and O–H groups in total. The number of fused-ring (bicyclic) bond motifs is 1. The van der Waals surface area contributed by atoms with E-state index < -0.39 is 5.82 Å². The Morgan fingerprint density at radius 3 is 2.62 bits per heavy atom. The summed E-state index contributed by atoms with van der Waals surface area (Å²) in [5, 5.41) is 7.49. The third-order valence-corrected chi connectivity index (χ3v) is 5.27. The molecule has 0 aliphatic carbocycles. The Bertz CT molecular complexity index is 1100. The summed E-state index contributed by atoms with van der Waals surface area (Å²) in [4.78, 5) is 28.1. The Hall–Kier alpha value is -2.71. The lowest BCUT2D eigenvalue weighted by Gasteiger charge is -2.17. The maximum absolute atomic E-state index is 13.1. The number of nitrogens with zero attached hydrogens (tertiary/aromatic N) is 2. The lowest BCUT2D eigenvalue weighted by Crippen LogP contribution is -2.37. The largest absolute Gasteiger partial charge is 0.334 e. The molecule has 3 aromatic rings. The van der Waals surface area contributed by atoms with E-state index in [9.17, 15) is 14.0 Å². The predicted octanol–water partition coefficient (Wildman–Crippen LogP) is 5.99. The van der Waals surface area contributed by atoms with Crippen LogP contribution < -0.4 is 10.6 Å². The molecule has 1 heterocycles. The molecule has 0 aliphatic heterocycles. The number of carbonyl (C=O) groups is 2. The van der Waals surface area contributed by atoms with Gasteiger partial charge in [-0.15, -0.1) is 0 Å². The van der Waals surface area contributed by atoms with E-state index in [1.165, 1.54) is 13.0 Å². The number of aromatic nitrogens is 1. The van der Waals surface area contributed by atoms with Gasteiger partial charge in [0, 0.05) is 43.1 Å². The van der Waals surface area contributed by atoms with Crippen LogP contribution in [0, 0.1) is 5.82 Å². The van der Waals surface area contributed by atoms with Crippen molar-refractivity contribution < 1.29 is 14.0 Å². The topological polar surface area (TPSA) is 74.3 Å². The van der Waals surface area contributed by atoms with Crippen LogP contribution in [0.25, 0.3) is 10.8 Å². The summed E-state index contributed by atoms with van der Waals surface area (Å²) in [6.45, 7) is 4.37. The minimum absolute atomic E-state index is 0.0611. The smallest absolute Gasteiger partial charge is 0.317 e. The molecule has 170 valence electrons. The molecule has 0 fully saturated rings. The van der Waals surface area contributed by atoms with E-state index in [0.717, 1.165) is 21.7 Å². The summed E-state index contributed by atoms with van der Waals surface area (Å²) in [5.41, 5.74) is 0.574. The summed E-state index contributed by atoms with van der Waals surface area (Å²) >= 11 is 9.17. The van der Waals surface area contributed by atoms with Crippen LogP contribution in [-0.2, 0) is 11.3 Å². The Kier molecular flexibility index (Phi) is 9.87. The highest BCUT2D eigenvalue weighted by Crippen LogP contribution is 2.21. The zero-order chi connectivity index (χ0) is 23.7. The lowest BCUT2D eigenvalue weighted by atomic mass is 10.2. The number of hydrogen-bond acceptors (Lipinski definition) is 3. The van der Waals surface area contributed by atoms with Crippen molar-refractivity contribution in [3.8, 4) is 0 Å². The number of hydrogen-bond donors (Lipinski definition) is 2. The fraction of sp³-hybridized carbons (Fsp3) is 0.261. The minimum Gasteiger partial charge on any atom is -0.334 e. The van der Waals surface area contributed by atoms with E-state index in [1.807, 2.05) is 31.2 Å². The van der Waals surface area contributed by atoms with Gasteiger partial charge in [-0.2, -0.15) is 0 Å². The van der Waals surface area contributed by atoms with Crippen LogP contribution >= 0.6 is 27.5 Å². The van der Waals surface area contributed by atoms with Gasteiger partial charge < -0.3 is 15.5 Å². The summed E-state index contributed by atoms with van der Waals surface area (Å²) in [5.74, 6) is -0.00314. The maximum Gasteiger partial charge on any atom is 0.317 e. The van der Waals surface area contributed by atoms with E-state index in [0.29, 0.717) is 17.9 Å². The van der Waals surface area contributed by atoms with Gasteiger partial charge in [0.2, 0.25) is 5.91 Å². The first-order valence-corrected chi connectivity index (χ1v) is 11.1. The third kappa shape index (κ3) is 7.76. The summed E-state index contributed by atoms with van der Waals surface area (Å²) in [6.07, 6.45) is 2.63. The second-order valence-electron chi connectivity index (χ2n) is 7.04. The number of carbonyl (C=O) groups excluding carboxylic acids is 2. The van der Waals surface area contributed by atoms with Gasteiger partial charge in [0.05, 0.1) is 5.02 Å². The number of benzene rings is 2. The minimum atomic E-state index is -0.472. The van der Waals surface area contributed by atoms with Gasteiger partial charge in [0.1, 0.15) is 11.6 Å². The lowest BCUT2D eigenvalue weighted by molar-refractivity contribution is -0.114. The number of nitrogens with one attached hydrogen (secondary N) is 2. The highest BCUT2D eigenvalue weighted by atomic mass is 79.9. The molecule has 0 spiro atoms. The Balaban J connectivity index is 0.000000228.